The Morgan fingerprint density at radius 3 is 2.39 bits per heavy atom. The van der Waals surface area contributed by atoms with E-state index in [1.54, 1.807) is 31.2 Å². The van der Waals surface area contributed by atoms with Crippen molar-refractivity contribution in [1.29, 1.82) is 0 Å². The molecular weight excluding hydrogens is 228 g/mol. The van der Waals surface area contributed by atoms with Crippen LogP contribution < -0.4 is 0 Å². The van der Waals surface area contributed by atoms with Crippen LogP contribution in [0, 0.1) is 0 Å². The molecule has 0 fully saturated rings. The number of rotatable bonds is 7. The third kappa shape index (κ3) is 3.84. The van der Waals surface area contributed by atoms with Crippen LogP contribution in [0.25, 0.3) is 0 Å². The Balaban J connectivity index is 2.88. The van der Waals surface area contributed by atoms with Crippen molar-refractivity contribution in [3.63, 3.8) is 0 Å². The second kappa shape index (κ2) is 6.55. The second-order valence-corrected chi connectivity index (χ2v) is 5.00. The number of hydrogen-bond acceptors (Lipinski definition) is 2. The Bertz CT molecular complexity index is 371. The quantitative estimate of drug-likeness (QED) is 0.731. The zero-order chi connectivity index (χ0) is 13.6. The molecular formula is C15H22O3. The summed E-state index contributed by atoms with van der Waals surface area (Å²) in [4.78, 5) is 11.4. The summed E-state index contributed by atoms with van der Waals surface area (Å²) in [5, 5.41) is 19.8. The molecule has 3 heteroatoms. The van der Waals surface area contributed by atoms with Crippen molar-refractivity contribution >= 4 is 5.97 Å². The van der Waals surface area contributed by atoms with E-state index >= 15 is 0 Å². The average Bonchev–Trinajstić information content (AvgIpc) is 2.29. The Hall–Kier alpha value is -1.35. The van der Waals surface area contributed by atoms with E-state index in [1.165, 1.54) is 0 Å². The van der Waals surface area contributed by atoms with E-state index in [0.717, 1.165) is 19.3 Å². The Kier molecular flexibility index (Phi) is 5.35. The van der Waals surface area contributed by atoms with Gasteiger partial charge in [-0.1, -0.05) is 56.5 Å². The molecule has 0 aliphatic rings. The van der Waals surface area contributed by atoms with E-state index in [-0.39, 0.29) is 0 Å². The molecule has 0 radical (unpaired) electrons. The van der Waals surface area contributed by atoms with Gasteiger partial charge in [0, 0.05) is 0 Å². The summed E-state index contributed by atoms with van der Waals surface area (Å²) in [6.45, 7) is 3.70. The maximum Gasteiger partial charge on any atom is 0.313 e. The molecule has 0 aromatic heterocycles. The second-order valence-electron chi connectivity index (χ2n) is 5.00. The molecule has 3 nitrogen and oxygen atoms in total. The fourth-order valence-corrected chi connectivity index (χ4v) is 2.29. The number of carbonyl (C=O) groups is 1. The van der Waals surface area contributed by atoms with Crippen molar-refractivity contribution in [3.05, 3.63) is 35.9 Å². The minimum absolute atomic E-state index is 0.507. The molecule has 18 heavy (non-hydrogen) atoms. The van der Waals surface area contributed by atoms with Gasteiger partial charge in [-0.15, -0.1) is 0 Å². The highest BCUT2D eigenvalue weighted by Gasteiger charge is 2.38. The maximum absolute atomic E-state index is 11.4. The molecule has 2 atom stereocenters. The number of benzene rings is 1. The molecule has 0 aliphatic heterocycles. The summed E-state index contributed by atoms with van der Waals surface area (Å²) in [7, 11) is 0. The molecule has 0 amide bonds. The molecule has 0 heterocycles. The van der Waals surface area contributed by atoms with E-state index in [4.69, 9.17) is 0 Å². The fraction of sp³-hybridized carbons (Fsp3) is 0.533. The molecule has 1 aromatic carbocycles. The lowest BCUT2D eigenvalue weighted by Crippen LogP contribution is -2.37. The van der Waals surface area contributed by atoms with Gasteiger partial charge in [0.25, 0.3) is 0 Å². The molecule has 100 valence electrons. The largest absolute Gasteiger partial charge is 0.481 e. The minimum atomic E-state index is -1.21. The summed E-state index contributed by atoms with van der Waals surface area (Å²) in [6.07, 6.45) is 3.42. The number of carboxylic acids is 1. The first-order valence-corrected chi connectivity index (χ1v) is 6.49. The highest BCUT2D eigenvalue weighted by atomic mass is 16.4. The Morgan fingerprint density at radius 2 is 1.89 bits per heavy atom. The van der Waals surface area contributed by atoms with Crippen LogP contribution in [0.1, 0.15) is 51.0 Å². The zero-order valence-corrected chi connectivity index (χ0v) is 11.1. The van der Waals surface area contributed by atoms with Crippen molar-refractivity contribution in [2.45, 2.75) is 51.0 Å². The molecule has 0 saturated heterocycles. The normalized spacial score (nSPS) is 15.9. The summed E-state index contributed by atoms with van der Waals surface area (Å²) in [5.74, 6) is -1.83. The molecule has 0 aliphatic carbocycles. The summed E-state index contributed by atoms with van der Waals surface area (Å²) in [6, 6.07) is 8.95. The number of unbranched alkanes of at least 4 members (excludes halogenated alkanes) is 2. The van der Waals surface area contributed by atoms with Crippen LogP contribution in [0.2, 0.25) is 0 Å². The fourth-order valence-electron chi connectivity index (χ4n) is 2.29. The summed E-state index contributed by atoms with van der Waals surface area (Å²) in [5.41, 5.74) is -0.547. The van der Waals surface area contributed by atoms with Gasteiger partial charge in [-0.3, -0.25) is 4.79 Å². The first-order valence-electron chi connectivity index (χ1n) is 6.49. The van der Waals surface area contributed by atoms with Gasteiger partial charge in [0.05, 0.1) is 5.60 Å². The summed E-state index contributed by atoms with van der Waals surface area (Å²) >= 11 is 0. The number of aliphatic carboxylic acids is 1. The Labute approximate surface area is 108 Å². The SMILES string of the molecule is CCCCC[C@](C)(O)[C@@H](C(=O)O)c1ccccc1. The van der Waals surface area contributed by atoms with Crippen molar-refractivity contribution in [2.75, 3.05) is 0 Å². The highest BCUT2D eigenvalue weighted by Crippen LogP contribution is 2.32. The predicted octanol–water partition coefficient (Wildman–Crippen LogP) is 3.19. The van der Waals surface area contributed by atoms with Gasteiger partial charge in [0.2, 0.25) is 0 Å². The topological polar surface area (TPSA) is 57.5 Å². The zero-order valence-electron chi connectivity index (χ0n) is 11.1. The van der Waals surface area contributed by atoms with Crippen LogP contribution in [0.15, 0.2) is 30.3 Å². The van der Waals surface area contributed by atoms with Crippen LogP contribution in [-0.4, -0.2) is 21.8 Å². The van der Waals surface area contributed by atoms with Gasteiger partial charge in [-0.25, -0.2) is 0 Å². The molecule has 1 aromatic rings. The summed E-state index contributed by atoms with van der Waals surface area (Å²) < 4.78 is 0. The smallest absolute Gasteiger partial charge is 0.313 e. The first-order chi connectivity index (χ1) is 8.49. The molecule has 1 rings (SSSR count). The van der Waals surface area contributed by atoms with Gasteiger partial charge in [0.1, 0.15) is 5.92 Å². The van der Waals surface area contributed by atoms with Crippen LogP contribution >= 0.6 is 0 Å². The lowest BCUT2D eigenvalue weighted by atomic mass is 9.80. The van der Waals surface area contributed by atoms with E-state index in [9.17, 15) is 15.0 Å². The molecule has 2 N–H and O–H groups in total. The average molecular weight is 250 g/mol. The van der Waals surface area contributed by atoms with Gasteiger partial charge in [0.15, 0.2) is 0 Å². The van der Waals surface area contributed by atoms with Crippen molar-refractivity contribution in [2.24, 2.45) is 0 Å². The first kappa shape index (κ1) is 14.7. The standard InChI is InChI=1S/C15H22O3/c1-3-4-8-11-15(2,18)13(14(16)17)12-9-6-5-7-10-12/h5-7,9-10,13,18H,3-4,8,11H2,1-2H3,(H,16,17)/t13-,15+/m1/s1. The van der Waals surface area contributed by atoms with Gasteiger partial charge in [-0.05, 0) is 18.9 Å². The van der Waals surface area contributed by atoms with Crippen molar-refractivity contribution in [1.82, 2.24) is 0 Å². The van der Waals surface area contributed by atoms with E-state index in [1.807, 2.05) is 6.07 Å². The van der Waals surface area contributed by atoms with Crippen LogP contribution in [0.4, 0.5) is 0 Å². The molecule has 0 unspecified atom stereocenters. The number of aliphatic hydroxyl groups is 1. The molecule has 0 saturated carbocycles. The van der Waals surface area contributed by atoms with Crippen LogP contribution in [0.5, 0.6) is 0 Å². The molecule has 0 bridgehead atoms. The Morgan fingerprint density at radius 1 is 1.28 bits per heavy atom. The monoisotopic (exact) mass is 250 g/mol. The van der Waals surface area contributed by atoms with Crippen molar-refractivity contribution < 1.29 is 15.0 Å². The van der Waals surface area contributed by atoms with E-state index in [0.29, 0.717) is 12.0 Å². The molecule has 0 spiro atoms. The highest BCUT2D eigenvalue weighted by molar-refractivity contribution is 5.77. The van der Waals surface area contributed by atoms with E-state index in [2.05, 4.69) is 6.92 Å². The lowest BCUT2D eigenvalue weighted by Gasteiger charge is -2.30. The lowest BCUT2D eigenvalue weighted by molar-refractivity contribution is -0.145. The maximum atomic E-state index is 11.4. The van der Waals surface area contributed by atoms with Gasteiger partial charge >= 0.3 is 5.97 Å². The number of hydrogen-bond donors (Lipinski definition) is 2. The predicted molar refractivity (Wildman–Crippen MR) is 71.6 cm³/mol. The van der Waals surface area contributed by atoms with Gasteiger partial charge < -0.3 is 10.2 Å². The van der Waals surface area contributed by atoms with Crippen LogP contribution in [-0.2, 0) is 4.79 Å². The van der Waals surface area contributed by atoms with Crippen molar-refractivity contribution in [3.8, 4) is 0 Å². The van der Waals surface area contributed by atoms with Gasteiger partial charge in [-0.2, -0.15) is 0 Å². The van der Waals surface area contributed by atoms with E-state index < -0.39 is 17.5 Å². The third-order valence-electron chi connectivity index (χ3n) is 3.29. The minimum Gasteiger partial charge on any atom is -0.481 e. The third-order valence-corrected chi connectivity index (χ3v) is 3.29. The number of carboxylic acid groups (broad SMARTS) is 1. The van der Waals surface area contributed by atoms with Crippen LogP contribution in [0.3, 0.4) is 0 Å².